The topological polar surface area (TPSA) is 42.0 Å². The zero-order valence-corrected chi connectivity index (χ0v) is 15.8. The molecular weight excluding hydrogens is 408 g/mol. The summed E-state index contributed by atoms with van der Waals surface area (Å²) in [5.74, 6) is -0.0500. The third-order valence-electron chi connectivity index (χ3n) is 3.38. The number of carbonyl (C=O) groups excluding carboxylic acids is 1. The molecule has 3 aromatic rings. The third-order valence-corrected chi connectivity index (χ3v) is 5.12. The Hall–Kier alpha value is -1.69. The maximum absolute atomic E-state index is 12.1. The lowest BCUT2D eigenvalue weighted by molar-refractivity contribution is -0.120. The van der Waals surface area contributed by atoms with E-state index in [2.05, 4.69) is 26.2 Å². The Bertz CT molecular complexity index is 865. The van der Waals surface area contributed by atoms with Crippen LogP contribution in [0.25, 0.3) is 10.6 Å². The van der Waals surface area contributed by atoms with Gasteiger partial charge in [-0.25, -0.2) is 4.98 Å². The van der Waals surface area contributed by atoms with Crippen LogP contribution in [0.3, 0.4) is 0 Å². The second-order valence-corrected chi connectivity index (χ2v) is 7.39. The molecule has 0 fully saturated rings. The lowest BCUT2D eigenvalue weighted by Crippen LogP contribution is -2.24. The molecule has 1 aromatic heterocycles. The maximum atomic E-state index is 12.1. The first-order valence-corrected chi connectivity index (χ1v) is 9.37. The third kappa shape index (κ3) is 4.44. The van der Waals surface area contributed by atoms with Crippen molar-refractivity contribution in [1.29, 1.82) is 0 Å². The van der Waals surface area contributed by atoms with Gasteiger partial charge in [0.25, 0.3) is 0 Å². The lowest BCUT2D eigenvalue weighted by atomic mass is 10.2. The van der Waals surface area contributed by atoms with Crippen LogP contribution < -0.4 is 5.32 Å². The highest BCUT2D eigenvalue weighted by molar-refractivity contribution is 9.10. The van der Waals surface area contributed by atoms with Gasteiger partial charge in [0.15, 0.2) is 0 Å². The highest BCUT2D eigenvalue weighted by Gasteiger charge is 2.11. The molecule has 2 aromatic carbocycles. The van der Waals surface area contributed by atoms with Gasteiger partial charge in [-0.1, -0.05) is 57.9 Å². The van der Waals surface area contributed by atoms with Crippen molar-refractivity contribution in [1.82, 2.24) is 10.3 Å². The largest absolute Gasteiger partial charge is 0.352 e. The summed E-state index contributed by atoms with van der Waals surface area (Å²) in [6.07, 6.45) is 0.259. The van der Waals surface area contributed by atoms with Crippen molar-refractivity contribution in [3.63, 3.8) is 0 Å². The molecule has 0 aliphatic carbocycles. The maximum Gasteiger partial charge on any atom is 0.226 e. The predicted molar refractivity (Wildman–Crippen MR) is 102 cm³/mol. The molecule has 1 N–H and O–H groups in total. The normalized spacial score (nSPS) is 10.6. The number of rotatable bonds is 5. The lowest BCUT2D eigenvalue weighted by Gasteiger charge is -2.04. The molecule has 1 heterocycles. The monoisotopic (exact) mass is 420 g/mol. The number of benzene rings is 2. The van der Waals surface area contributed by atoms with Crippen molar-refractivity contribution in [2.75, 3.05) is 0 Å². The summed E-state index contributed by atoms with van der Waals surface area (Å²) in [7, 11) is 0. The van der Waals surface area contributed by atoms with Crippen LogP contribution in [0, 0.1) is 0 Å². The molecule has 0 aliphatic rings. The summed E-state index contributed by atoms with van der Waals surface area (Å²) >= 11 is 11.1. The van der Waals surface area contributed by atoms with Crippen LogP contribution in [0.4, 0.5) is 0 Å². The van der Waals surface area contributed by atoms with E-state index < -0.39 is 0 Å². The van der Waals surface area contributed by atoms with E-state index in [4.69, 9.17) is 11.6 Å². The van der Waals surface area contributed by atoms with E-state index in [1.165, 1.54) is 11.3 Å². The van der Waals surface area contributed by atoms with Crippen molar-refractivity contribution >= 4 is 44.8 Å². The molecule has 3 rings (SSSR count). The molecule has 0 atom stereocenters. The van der Waals surface area contributed by atoms with Crippen LogP contribution in [0.2, 0.25) is 5.02 Å². The van der Waals surface area contributed by atoms with Crippen molar-refractivity contribution < 1.29 is 4.79 Å². The number of carbonyl (C=O) groups is 1. The van der Waals surface area contributed by atoms with Gasteiger partial charge in [0, 0.05) is 22.0 Å². The van der Waals surface area contributed by atoms with Crippen LogP contribution in [0.5, 0.6) is 0 Å². The first-order chi connectivity index (χ1) is 11.6. The Morgan fingerprint density at radius 1 is 1.21 bits per heavy atom. The highest BCUT2D eigenvalue weighted by atomic mass is 79.9. The molecule has 0 saturated heterocycles. The molecule has 0 bridgehead atoms. The van der Waals surface area contributed by atoms with Gasteiger partial charge in [-0.3, -0.25) is 4.79 Å². The molecule has 0 radical (unpaired) electrons. The van der Waals surface area contributed by atoms with Crippen LogP contribution in [0.1, 0.15) is 11.3 Å². The van der Waals surface area contributed by atoms with Crippen molar-refractivity contribution in [2.24, 2.45) is 0 Å². The Balaban J connectivity index is 1.60. The average Bonchev–Trinajstić information content (AvgIpc) is 3.02. The summed E-state index contributed by atoms with van der Waals surface area (Å²) in [6.45, 7) is 0.500. The first-order valence-electron chi connectivity index (χ1n) is 7.32. The van der Waals surface area contributed by atoms with E-state index in [0.717, 1.165) is 26.3 Å². The van der Waals surface area contributed by atoms with Gasteiger partial charge in [0.1, 0.15) is 5.01 Å². The van der Waals surface area contributed by atoms with E-state index in [1.807, 2.05) is 53.9 Å². The predicted octanol–water partition coefficient (Wildman–Crippen LogP) is 5.08. The number of nitrogens with zero attached hydrogens (tertiary/aromatic N) is 1. The second-order valence-electron chi connectivity index (χ2n) is 5.21. The first kappa shape index (κ1) is 17.1. The fourth-order valence-corrected chi connectivity index (χ4v) is 3.81. The Kier molecular flexibility index (Phi) is 5.66. The second kappa shape index (κ2) is 7.92. The zero-order chi connectivity index (χ0) is 16.9. The van der Waals surface area contributed by atoms with Gasteiger partial charge in [-0.15, -0.1) is 11.3 Å². The number of aromatic nitrogens is 1. The van der Waals surface area contributed by atoms with Crippen LogP contribution in [-0.4, -0.2) is 10.9 Å². The minimum absolute atomic E-state index is 0.0500. The average molecular weight is 422 g/mol. The molecule has 0 saturated carbocycles. The Morgan fingerprint density at radius 3 is 2.83 bits per heavy atom. The smallest absolute Gasteiger partial charge is 0.226 e. The van der Waals surface area contributed by atoms with E-state index in [1.54, 1.807) is 0 Å². The van der Waals surface area contributed by atoms with Gasteiger partial charge >= 0.3 is 0 Å². The summed E-state index contributed by atoms with van der Waals surface area (Å²) in [6, 6.07) is 15.4. The number of halogens is 2. The van der Waals surface area contributed by atoms with Crippen molar-refractivity contribution in [2.45, 2.75) is 13.0 Å². The number of hydrogen-bond acceptors (Lipinski definition) is 3. The standard InChI is InChI=1S/C18H14BrClN2OS/c19-13-5-3-4-12(8-13)10-21-17(23)9-14-11-24-18(22-14)15-6-1-2-7-16(15)20/h1-8,11H,9-10H2,(H,21,23). The fourth-order valence-electron chi connectivity index (χ4n) is 2.22. The van der Waals surface area contributed by atoms with Gasteiger partial charge in [0.05, 0.1) is 17.1 Å². The van der Waals surface area contributed by atoms with E-state index >= 15 is 0 Å². The number of hydrogen-bond donors (Lipinski definition) is 1. The van der Waals surface area contributed by atoms with Crippen LogP contribution in [-0.2, 0) is 17.8 Å². The minimum Gasteiger partial charge on any atom is -0.352 e. The van der Waals surface area contributed by atoms with E-state index in [-0.39, 0.29) is 12.3 Å². The number of amides is 1. The molecule has 6 heteroatoms. The summed E-state index contributed by atoms with van der Waals surface area (Å²) < 4.78 is 0.998. The Morgan fingerprint density at radius 2 is 2.04 bits per heavy atom. The van der Waals surface area contributed by atoms with Crippen LogP contribution in [0.15, 0.2) is 58.4 Å². The fraction of sp³-hybridized carbons (Fsp3) is 0.111. The van der Waals surface area contributed by atoms with Gasteiger partial charge in [0.2, 0.25) is 5.91 Å². The number of nitrogens with one attached hydrogen (secondary N) is 1. The van der Waals surface area contributed by atoms with E-state index in [0.29, 0.717) is 11.6 Å². The van der Waals surface area contributed by atoms with Gasteiger partial charge in [-0.05, 0) is 23.8 Å². The van der Waals surface area contributed by atoms with Gasteiger partial charge < -0.3 is 5.32 Å². The molecule has 3 nitrogen and oxygen atoms in total. The molecule has 0 unspecified atom stereocenters. The summed E-state index contributed by atoms with van der Waals surface area (Å²) in [5, 5.41) is 6.31. The van der Waals surface area contributed by atoms with Crippen molar-refractivity contribution in [3.05, 3.63) is 74.7 Å². The summed E-state index contributed by atoms with van der Waals surface area (Å²) in [5.41, 5.74) is 2.69. The molecule has 122 valence electrons. The molecule has 0 spiro atoms. The molecule has 1 amide bonds. The molecular formula is C18H14BrClN2OS. The van der Waals surface area contributed by atoms with Gasteiger partial charge in [-0.2, -0.15) is 0 Å². The van der Waals surface area contributed by atoms with Crippen molar-refractivity contribution in [3.8, 4) is 10.6 Å². The Labute approximate surface area is 157 Å². The SMILES string of the molecule is O=C(Cc1csc(-c2ccccc2Cl)n1)NCc1cccc(Br)c1. The van der Waals surface area contributed by atoms with E-state index in [9.17, 15) is 4.79 Å². The summed E-state index contributed by atoms with van der Waals surface area (Å²) in [4.78, 5) is 16.6. The minimum atomic E-state index is -0.0500. The highest BCUT2D eigenvalue weighted by Crippen LogP contribution is 2.30. The number of thiazole rings is 1. The molecule has 24 heavy (non-hydrogen) atoms. The zero-order valence-electron chi connectivity index (χ0n) is 12.6. The quantitative estimate of drug-likeness (QED) is 0.624. The van der Waals surface area contributed by atoms with Crippen LogP contribution >= 0.6 is 38.9 Å². The molecule has 0 aliphatic heterocycles.